The van der Waals surface area contributed by atoms with Crippen molar-refractivity contribution < 1.29 is 18.7 Å². The molecule has 23 heavy (non-hydrogen) atoms. The van der Waals surface area contributed by atoms with E-state index in [9.17, 15) is 14.0 Å². The highest BCUT2D eigenvalue weighted by Gasteiger charge is 2.21. The molecule has 0 spiro atoms. The van der Waals surface area contributed by atoms with E-state index in [-0.39, 0.29) is 16.4 Å². The Balaban J connectivity index is 2.01. The van der Waals surface area contributed by atoms with Crippen LogP contribution in [0.1, 0.15) is 17.3 Å². The first-order valence-electron chi connectivity index (χ1n) is 6.45. The summed E-state index contributed by atoms with van der Waals surface area (Å²) in [7, 11) is 0. The van der Waals surface area contributed by atoms with Gasteiger partial charge in [0.1, 0.15) is 11.6 Å². The molecule has 1 heterocycles. The number of nitrogens with one attached hydrogen (secondary N) is 1. The molecular weight excluding hydrogens is 346 g/mol. The molecule has 0 fully saturated rings. The largest absolute Gasteiger partial charge is 0.449 e. The fourth-order valence-electron chi connectivity index (χ4n) is 1.61. The summed E-state index contributed by atoms with van der Waals surface area (Å²) in [6.07, 6.45) is 0.202. The highest BCUT2D eigenvalue weighted by molar-refractivity contribution is 6.31. The number of esters is 1. The number of anilines is 1. The van der Waals surface area contributed by atoms with E-state index in [1.54, 1.807) is 6.07 Å². The Morgan fingerprint density at radius 3 is 2.57 bits per heavy atom. The van der Waals surface area contributed by atoms with E-state index in [1.807, 2.05) is 0 Å². The number of amides is 1. The van der Waals surface area contributed by atoms with Gasteiger partial charge in [-0.25, -0.2) is 14.2 Å². The van der Waals surface area contributed by atoms with Crippen LogP contribution < -0.4 is 5.32 Å². The van der Waals surface area contributed by atoms with E-state index in [0.717, 1.165) is 12.1 Å². The van der Waals surface area contributed by atoms with Gasteiger partial charge in [0.25, 0.3) is 5.91 Å². The Morgan fingerprint density at radius 1 is 1.22 bits per heavy atom. The van der Waals surface area contributed by atoms with Crippen molar-refractivity contribution in [2.75, 3.05) is 5.32 Å². The Morgan fingerprint density at radius 2 is 1.91 bits per heavy atom. The van der Waals surface area contributed by atoms with Crippen LogP contribution in [0.2, 0.25) is 10.0 Å². The number of benzene rings is 1. The lowest BCUT2D eigenvalue weighted by Gasteiger charge is -2.13. The zero-order chi connectivity index (χ0) is 17.0. The number of carbonyl (C=O) groups is 2. The Labute approximate surface area is 141 Å². The monoisotopic (exact) mass is 356 g/mol. The first-order chi connectivity index (χ1) is 10.9. The van der Waals surface area contributed by atoms with Crippen molar-refractivity contribution in [2.45, 2.75) is 13.0 Å². The summed E-state index contributed by atoms with van der Waals surface area (Å²) in [6.45, 7) is 1.35. The highest BCUT2D eigenvalue weighted by atomic mass is 35.5. The van der Waals surface area contributed by atoms with E-state index in [1.165, 1.54) is 25.3 Å². The summed E-state index contributed by atoms with van der Waals surface area (Å²) in [5, 5.41) is 3.04. The van der Waals surface area contributed by atoms with Gasteiger partial charge >= 0.3 is 5.97 Å². The second-order valence-corrected chi connectivity index (χ2v) is 5.40. The zero-order valence-corrected chi connectivity index (χ0v) is 13.4. The van der Waals surface area contributed by atoms with Crippen molar-refractivity contribution in [2.24, 2.45) is 0 Å². The number of carbonyl (C=O) groups excluding carboxylic acids is 2. The number of hydrogen-bond acceptors (Lipinski definition) is 4. The number of nitrogens with zero attached hydrogens (tertiary/aromatic N) is 1. The Hall–Kier alpha value is -2.18. The predicted molar refractivity (Wildman–Crippen MR) is 84.2 cm³/mol. The molecule has 0 aliphatic carbocycles. The van der Waals surface area contributed by atoms with Gasteiger partial charge in [0.05, 0.1) is 10.6 Å². The zero-order valence-electron chi connectivity index (χ0n) is 11.8. The SMILES string of the molecule is C[C@H](OC(=O)c1cc(Cl)ccc1F)C(=O)Nc1ccc(Cl)cn1. The van der Waals surface area contributed by atoms with Crippen LogP contribution >= 0.6 is 23.2 Å². The van der Waals surface area contributed by atoms with Crippen LogP contribution in [0.25, 0.3) is 0 Å². The van der Waals surface area contributed by atoms with Crippen molar-refractivity contribution in [3.05, 3.63) is 58.0 Å². The summed E-state index contributed by atoms with van der Waals surface area (Å²) in [5.41, 5.74) is -0.346. The maximum Gasteiger partial charge on any atom is 0.341 e. The molecule has 0 saturated heterocycles. The van der Waals surface area contributed by atoms with Gasteiger partial charge in [-0.05, 0) is 37.3 Å². The van der Waals surface area contributed by atoms with Crippen LogP contribution in [-0.4, -0.2) is 23.0 Å². The Kier molecular flexibility index (Phi) is 5.52. The lowest BCUT2D eigenvalue weighted by Crippen LogP contribution is -2.30. The Bertz CT molecular complexity index is 738. The fourth-order valence-corrected chi connectivity index (χ4v) is 1.89. The molecule has 2 rings (SSSR count). The molecule has 1 atom stereocenters. The third-order valence-corrected chi connectivity index (χ3v) is 3.24. The van der Waals surface area contributed by atoms with Crippen LogP contribution in [0, 0.1) is 5.82 Å². The molecule has 1 N–H and O–H groups in total. The first-order valence-corrected chi connectivity index (χ1v) is 7.21. The maximum atomic E-state index is 13.6. The van der Waals surface area contributed by atoms with E-state index < -0.39 is 23.8 Å². The molecule has 1 aromatic carbocycles. The molecule has 1 aromatic heterocycles. The highest BCUT2D eigenvalue weighted by Crippen LogP contribution is 2.17. The smallest absolute Gasteiger partial charge is 0.341 e. The minimum atomic E-state index is -1.15. The molecule has 2 aromatic rings. The molecule has 0 aliphatic heterocycles. The number of halogens is 3. The molecule has 120 valence electrons. The normalized spacial score (nSPS) is 11.7. The van der Waals surface area contributed by atoms with Gasteiger partial charge in [0, 0.05) is 11.2 Å². The van der Waals surface area contributed by atoms with Gasteiger partial charge in [-0.2, -0.15) is 0 Å². The number of rotatable bonds is 4. The van der Waals surface area contributed by atoms with Crippen LogP contribution in [0.4, 0.5) is 10.2 Å². The average molecular weight is 357 g/mol. The van der Waals surface area contributed by atoms with Crippen molar-refractivity contribution in [1.82, 2.24) is 4.98 Å². The summed E-state index contributed by atoms with van der Waals surface area (Å²) in [6, 6.07) is 6.51. The summed E-state index contributed by atoms with van der Waals surface area (Å²) in [5.74, 6) is -2.14. The van der Waals surface area contributed by atoms with Gasteiger partial charge in [0.2, 0.25) is 0 Å². The van der Waals surface area contributed by atoms with E-state index in [2.05, 4.69) is 10.3 Å². The van der Waals surface area contributed by atoms with Gasteiger partial charge in [-0.15, -0.1) is 0 Å². The topological polar surface area (TPSA) is 68.3 Å². The van der Waals surface area contributed by atoms with E-state index in [4.69, 9.17) is 27.9 Å². The second-order valence-electron chi connectivity index (χ2n) is 4.52. The molecule has 0 radical (unpaired) electrons. The lowest BCUT2D eigenvalue weighted by molar-refractivity contribution is -0.123. The van der Waals surface area contributed by atoms with Crippen molar-refractivity contribution in [3.8, 4) is 0 Å². The first kappa shape index (κ1) is 17.2. The predicted octanol–water partition coefficient (Wildman–Crippen LogP) is 3.71. The molecule has 5 nitrogen and oxygen atoms in total. The fraction of sp³-hybridized carbons (Fsp3) is 0.133. The molecule has 0 bridgehead atoms. The molecule has 8 heteroatoms. The quantitative estimate of drug-likeness (QED) is 0.847. The number of pyridine rings is 1. The van der Waals surface area contributed by atoms with Gasteiger partial charge in [0.15, 0.2) is 6.10 Å². The van der Waals surface area contributed by atoms with Gasteiger partial charge < -0.3 is 10.1 Å². The summed E-state index contributed by atoms with van der Waals surface area (Å²) in [4.78, 5) is 27.7. The minimum absolute atomic E-state index is 0.181. The molecule has 0 saturated carbocycles. The third kappa shape index (κ3) is 4.64. The maximum absolute atomic E-state index is 13.6. The van der Waals surface area contributed by atoms with Crippen LogP contribution in [0.5, 0.6) is 0 Å². The van der Waals surface area contributed by atoms with Gasteiger partial charge in [-0.3, -0.25) is 4.79 Å². The summed E-state index contributed by atoms with van der Waals surface area (Å²) < 4.78 is 18.5. The van der Waals surface area contributed by atoms with Crippen LogP contribution in [0.3, 0.4) is 0 Å². The average Bonchev–Trinajstić information content (AvgIpc) is 2.51. The van der Waals surface area contributed by atoms with E-state index >= 15 is 0 Å². The number of aromatic nitrogens is 1. The molecule has 1 amide bonds. The van der Waals surface area contributed by atoms with Crippen molar-refractivity contribution >= 4 is 40.9 Å². The number of hydrogen-bond donors (Lipinski definition) is 1. The molecular formula is C15H11Cl2FN2O3. The molecule has 0 unspecified atom stereocenters. The second kappa shape index (κ2) is 7.39. The van der Waals surface area contributed by atoms with E-state index in [0.29, 0.717) is 5.02 Å². The lowest BCUT2D eigenvalue weighted by atomic mass is 10.2. The van der Waals surface area contributed by atoms with Crippen molar-refractivity contribution in [3.63, 3.8) is 0 Å². The third-order valence-electron chi connectivity index (χ3n) is 2.78. The molecule has 0 aliphatic rings. The van der Waals surface area contributed by atoms with Crippen LogP contribution in [0.15, 0.2) is 36.5 Å². The van der Waals surface area contributed by atoms with Gasteiger partial charge in [-0.1, -0.05) is 23.2 Å². The minimum Gasteiger partial charge on any atom is -0.449 e. The van der Waals surface area contributed by atoms with Crippen molar-refractivity contribution in [1.29, 1.82) is 0 Å². The summed E-state index contributed by atoms with van der Waals surface area (Å²) >= 11 is 11.4. The number of ether oxygens (including phenoxy) is 1. The standard InChI is InChI=1S/C15H11Cl2FN2O3/c1-8(14(21)20-13-5-3-10(17)7-19-13)23-15(22)11-6-9(16)2-4-12(11)18/h2-8H,1H3,(H,19,20,21)/t8-/m0/s1. The van der Waals surface area contributed by atoms with Crippen LogP contribution in [-0.2, 0) is 9.53 Å².